The van der Waals surface area contributed by atoms with Crippen molar-refractivity contribution in [3.05, 3.63) is 42.7 Å². The summed E-state index contributed by atoms with van der Waals surface area (Å²) in [4.78, 5) is 8.45. The van der Waals surface area contributed by atoms with E-state index in [0.29, 0.717) is 18.0 Å². The second-order valence-corrected chi connectivity index (χ2v) is 5.15. The van der Waals surface area contributed by atoms with E-state index in [4.69, 9.17) is 9.47 Å². The lowest BCUT2D eigenvalue weighted by atomic mass is 10.1. The first-order valence-corrected chi connectivity index (χ1v) is 7.29. The Kier molecular flexibility index (Phi) is 4.27. The second-order valence-electron chi connectivity index (χ2n) is 5.15. The number of imidazole rings is 1. The summed E-state index contributed by atoms with van der Waals surface area (Å²) in [5, 5.41) is 4.12. The van der Waals surface area contributed by atoms with Crippen molar-refractivity contribution in [1.82, 2.24) is 24.3 Å². The fourth-order valence-corrected chi connectivity index (χ4v) is 2.56. The molecule has 0 N–H and O–H groups in total. The van der Waals surface area contributed by atoms with E-state index in [0.717, 1.165) is 23.5 Å². The third-order valence-electron chi connectivity index (χ3n) is 3.62. The molecule has 120 valence electrons. The Hall–Kier alpha value is -2.83. The summed E-state index contributed by atoms with van der Waals surface area (Å²) in [7, 11) is 3.28. The Bertz CT molecular complexity index is 780. The fraction of sp³-hybridized carbons (Fsp3) is 0.312. The van der Waals surface area contributed by atoms with Crippen LogP contribution in [0.4, 0.5) is 0 Å². The third-order valence-corrected chi connectivity index (χ3v) is 3.62. The zero-order valence-corrected chi connectivity index (χ0v) is 13.4. The van der Waals surface area contributed by atoms with Gasteiger partial charge in [-0.2, -0.15) is 5.10 Å². The number of hydrogen-bond acceptors (Lipinski definition) is 5. The standard InChI is InChI=1S/C16H19N5O2/c1-12-8-13(15(23-3)14(9-12)22-2)16-18-4-5-20(16)6-7-21-11-17-10-19-21/h4-5,8-11H,6-7H2,1-3H3. The lowest BCUT2D eigenvalue weighted by Gasteiger charge is -2.15. The molecule has 23 heavy (non-hydrogen) atoms. The van der Waals surface area contributed by atoms with Crippen molar-refractivity contribution in [3.63, 3.8) is 0 Å². The molecule has 7 nitrogen and oxygen atoms in total. The van der Waals surface area contributed by atoms with Crippen LogP contribution in [0.5, 0.6) is 11.5 Å². The Labute approximate surface area is 134 Å². The minimum atomic E-state index is 0.686. The van der Waals surface area contributed by atoms with Gasteiger partial charge in [0.05, 0.1) is 26.3 Å². The Balaban J connectivity index is 1.96. The molecule has 0 aliphatic carbocycles. The predicted molar refractivity (Wildman–Crippen MR) is 85.5 cm³/mol. The van der Waals surface area contributed by atoms with Gasteiger partial charge in [-0.15, -0.1) is 0 Å². The molecule has 0 saturated carbocycles. The number of ether oxygens (including phenoxy) is 2. The van der Waals surface area contributed by atoms with E-state index in [9.17, 15) is 0 Å². The highest BCUT2D eigenvalue weighted by molar-refractivity contribution is 5.70. The predicted octanol–water partition coefficient (Wildman–Crippen LogP) is 2.17. The molecule has 0 fully saturated rings. The number of benzene rings is 1. The summed E-state index contributed by atoms with van der Waals surface area (Å²) in [6, 6.07) is 4.00. The number of hydrogen-bond donors (Lipinski definition) is 0. The third kappa shape index (κ3) is 3.03. The molecule has 0 radical (unpaired) electrons. The molecule has 3 aromatic rings. The fourth-order valence-electron chi connectivity index (χ4n) is 2.56. The molecule has 0 bridgehead atoms. The first-order valence-electron chi connectivity index (χ1n) is 7.29. The molecule has 3 rings (SSSR count). The molecule has 7 heteroatoms. The zero-order chi connectivity index (χ0) is 16.2. The van der Waals surface area contributed by atoms with E-state index < -0.39 is 0 Å². The highest BCUT2D eigenvalue weighted by atomic mass is 16.5. The number of nitrogens with zero attached hydrogens (tertiary/aromatic N) is 5. The summed E-state index contributed by atoms with van der Waals surface area (Å²) in [5.74, 6) is 2.23. The monoisotopic (exact) mass is 313 g/mol. The van der Waals surface area contributed by atoms with Crippen LogP contribution < -0.4 is 9.47 Å². The second kappa shape index (κ2) is 6.51. The van der Waals surface area contributed by atoms with Gasteiger partial charge in [0, 0.05) is 18.9 Å². The lowest BCUT2D eigenvalue weighted by molar-refractivity contribution is 0.355. The van der Waals surface area contributed by atoms with Crippen molar-refractivity contribution in [3.8, 4) is 22.9 Å². The van der Waals surface area contributed by atoms with Crippen molar-refractivity contribution in [2.45, 2.75) is 20.0 Å². The molecule has 2 heterocycles. The van der Waals surface area contributed by atoms with Crippen molar-refractivity contribution in [1.29, 1.82) is 0 Å². The molecular weight excluding hydrogens is 294 g/mol. The number of aromatic nitrogens is 5. The van der Waals surface area contributed by atoms with Gasteiger partial charge in [0.15, 0.2) is 11.5 Å². The van der Waals surface area contributed by atoms with E-state index in [2.05, 4.69) is 25.7 Å². The van der Waals surface area contributed by atoms with E-state index >= 15 is 0 Å². The van der Waals surface area contributed by atoms with Gasteiger partial charge in [0.2, 0.25) is 0 Å². The molecule has 0 atom stereocenters. The van der Waals surface area contributed by atoms with E-state index in [1.54, 1.807) is 31.4 Å². The van der Waals surface area contributed by atoms with Gasteiger partial charge in [0.25, 0.3) is 0 Å². The van der Waals surface area contributed by atoms with Crippen LogP contribution in [0.1, 0.15) is 5.56 Å². The van der Waals surface area contributed by atoms with Gasteiger partial charge < -0.3 is 14.0 Å². The Morgan fingerprint density at radius 3 is 2.70 bits per heavy atom. The largest absolute Gasteiger partial charge is 0.493 e. The highest BCUT2D eigenvalue weighted by Crippen LogP contribution is 2.38. The molecule has 1 aromatic carbocycles. The minimum Gasteiger partial charge on any atom is -0.493 e. The van der Waals surface area contributed by atoms with Crippen LogP contribution in [0.3, 0.4) is 0 Å². The van der Waals surface area contributed by atoms with Crippen LogP contribution in [0.15, 0.2) is 37.2 Å². The summed E-state index contributed by atoms with van der Waals surface area (Å²) in [5.41, 5.74) is 2.00. The highest BCUT2D eigenvalue weighted by Gasteiger charge is 2.17. The molecule has 0 amide bonds. The molecule has 0 aliphatic heterocycles. The minimum absolute atomic E-state index is 0.686. The first-order chi connectivity index (χ1) is 11.2. The lowest BCUT2D eigenvalue weighted by Crippen LogP contribution is -2.09. The van der Waals surface area contributed by atoms with Gasteiger partial charge in [-0.1, -0.05) is 0 Å². The molecule has 0 unspecified atom stereocenters. The molecule has 0 spiro atoms. The maximum absolute atomic E-state index is 5.55. The van der Waals surface area contributed by atoms with Crippen molar-refractivity contribution in [2.75, 3.05) is 14.2 Å². The maximum Gasteiger partial charge on any atom is 0.171 e. The smallest absolute Gasteiger partial charge is 0.171 e. The van der Waals surface area contributed by atoms with Crippen LogP contribution in [0.25, 0.3) is 11.4 Å². The molecule has 0 saturated heterocycles. The first kappa shape index (κ1) is 15.1. The van der Waals surface area contributed by atoms with E-state index in [-0.39, 0.29) is 0 Å². The van der Waals surface area contributed by atoms with Crippen LogP contribution in [0.2, 0.25) is 0 Å². The molecular formula is C16H19N5O2. The Morgan fingerprint density at radius 1 is 1.13 bits per heavy atom. The SMILES string of the molecule is COc1cc(C)cc(-c2nccn2CCn2cncn2)c1OC. The quantitative estimate of drug-likeness (QED) is 0.697. The van der Waals surface area contributed by atoms with Crippen molar-refractivity contribution < 1.29 is 9.47 Å². The summed E-state index contributed by atoms with van der Waals surface area (Å²) < 4.78 is 14.8. The molecule has 0 aliphatic rings. The maximum atomic E-state index is 5.55. The van der Waals surface area contributed by atoms with Crippen LogP contribution in [-0.4, -0.2) is 38.5 Å². The van der Waals surface area contributed by atoms with Crippen LogP contribution >= 0.6 is 0 Å². The molecule has 2 aromatic heterocycles. The average molecular weight is 313 g/mol. The van der Waals surface area contributed by atoms with Gasteiger partial charge in [0.1, 0.15) is 18.5 Å². The summed E-state index contributed by atoms with van der Waals surface area (Å²) >= 11 is 0. The van der Waals surface area contributed by atoms with Gasteiger partial charge in [-0.05, 0) is 24.6 Å². The Morgan fingerprint density at radius 2 is 2.00 bits per heavy atom. The number of aryl methyl sites for hydroxylation is 3. The van der Waals surface area contributed by atoms with E-state index in [1.165, 1.54) is 6.33 Å². The summed E-state index contributed by atoms with van der Waals surface area (Å²) in [6.45, 7) is 3.47. The number of rotatable bonds is 6. The van der Waals surface area contributed by atoms with Crippen LogP contribution in [0, 0.1) is 6.92 Å². The number of methoxy groups -OCH3 is 2. The van der Waals surface area contributed by atoms with Crippen LogP contribution in [-0.2, 0) is 13.1 Å². The van der Waals surface area contributed by atoms with E-state index in [1.807, 2.05) is 19.2 Å². The zero-order valence-electron chi connectivity index (χ0n) is 13.4. The van der Waals surface area contributed by atoms with Gasteiger partial charge >= 0.3 is 0 Å². The summed E-state index contributed by atoms with van der Waals surface area (Å²) in [6.07, 6.45) is 6.96. The van der Waals surface area contributed by atoms with Gasteiger partial charge in [-0.3, -0.25) is 4.68 Å². The normalized spacial score (nSPS) is 10.7. The van der Waals surface area contributed by atoms with Gasteiger partial charge in [-0.25, -0.2) is 9.97 Å². The van der Waals surface area contributed by atoms with Crippen molar-refractivity contribution in [2.24, 2.45) is 0 Å². The van der Waals surface area contributed by atoms with Crippen molar-refractivity contribution >= 4 is 0 Å². The average Bonchev–Trinajstić information content (AvgIpc) is 3.23. The topological polar surface area (TPSA) is 67.0 Å².